The summed E-state index contributed by atoms with van der Waals surface area (Å²) in [6.45, 7) is 0. The van der Waals surface area contributed by atoms with Crippen molar-refractivity contribution in [1.29, 1.82) is 0 Å². The van der Waals surface area contributed by atoms with Crippen molar-refractivity contribution in [2.24, 2.45) is 5.92 Å². The van der Waals surface area contributed by atoms with Crippen LogP contribution in [0.15, 0.2) is 18.2 Å². The molecular formula is C13H15ClFN. The molecule has 0 aromatic heterocycles. The van der Waals surface area contributed by atoms with E-state index < -0.39 is 0 Å². The Morgan fingerprint density at radius 3 is 2.88 bits per heavy atom. The van der Waals surface area contributed by atoms with E-state index in [1.165, 1.54) is 25.3 Å². The van der Waals surface area contributed by atoms with Crippen LogP contribution in [0.3, 0.4) is 0 Å². The van der Waals surface area contributed by atoms with Crippen LogP contribution >= 0.6 is 11.6 Å². The first-order valence-electron chi connectivity index (χ1n) is 5.92. The van der Waals surface area contributed by atoms with Crippen LogP contribution in [0.2, 0.25) is 5.02 Å². The molecule has 1 aromatic carbocycles. The number of nitrogens with one attached hydrogen (secondary N) is 1. The highest BCUT2D eigenvalue weighted by Gasteiger charge is 2.38. The maximum absolute atomic E-state index is 13.0. The summed E-state index contributed by atoms with van der Waals surface area (Å²) in [5, 5.41) is 3.87. The fourth-order valence-corrected chi connectivity index (χ4v) is 3.32. The molecule has 86 valence electrons. The molecule has 2 bridgehead atoms. The Labute approximate surface area is 100.0 Å². The van der Waals surface area contributed by atoms with Crippen LogP contribution in [0, 0.1) is 11.7 Å². The van der Waals surface area contributed by atoms with Crippen LogP contribution < -0.4 is 5.32 Å². The quantitative estimate of drug-likeness (QED) is 0.836. The lowest BCUT2D eigenvalue weighted by Crippen LogP contribution is -2.37. The molecule has 1 aromatic rings. The minimum atomic E-state index is -0.327. The Morgan fingerprint density at radius 2 is 2.25 bits per heavy atom. The van der Waals surface area contributed by atoms with Gasteiger partial charge in [0.15, 0.2) is 0 Å². The molecule has 3 unspecified atom stereocenters. The molecule has 1 saturated heterocycles. The van der Waals surface area contributed by atoms with Gasteiger partial charge in [0.2, 0.25) is 0 Å². The molecule has 1 heterocycles. The highest BCUT2D eigenvalue weighted by atomic mass is 35.5. The molecule has 1 N–H and O–H groups in total. The largest absolute Gasteiger partial charge is 0.311 e. The second-order valence-electron chi connectivity index (χ2n) is 5.00. The molecule has 3 heteroatoms. The van der Waals surface area contributed by atoms with Gasteiger partial charge in [-0.2, -0.15) is 0 Å². The predicted octanol–water partition coefficient (Wildman–Crippen LogP) is 3.16. The van der Waals surface area contributed by atoms with Gasteiger partial charge in [-0.3, -0.25) is 0 Å². The smallest absolute Gasteiger partial charge is 0.141 e. The number of hydrogen-bond donors (Lipinski definition) is 1. The van der Waals surface area contributed by atoms with Gasteiger partial charge >= 0.3 is 0 Å². The van der Waals surface area contributed by atoms with E-state index in [-0.39, 0.29) is 10.8 Å². The van der Waals surface area contributed by atoms with E-state index in [4.69, 9.17) is 11.6 Å². The van der Waals surface area contributed by atoms with Gasteiger partial charge in [0, 0.05) is 12.1 Å². The van der Waals surface area contributed by atoms with Crippen molar-refractivity contribution in [3.63, 3.8) is 0 Å². The van der Waals surface area contributed by atoms with E-state index in [1.807, 2.05) is 6.07 Å². The van der Waals surface area contributed by atoms with Crippen molar-refractivity contribution in [2.75, 3.05) is 0 Å². The molecule has 0 spiro atoms. The van der Waals surface area contributed by atoms with Gasteiger partial charge in [0.1, 0.15) is 5.82 Å². The molecule has 1 aliphatic carbocycles. The maximum atomic E-state index is 13.0. The van der Waals surface area contributed by atoms with Gasteiger partial charge in [0.25, 0.3) is 0 Å². The van der Waals surface area contributed by atoms with E-state index >= 15 is 0 Å². The minimum absolute atomic E-state index is 0.237. The fourth-order valence-electron chi connectivity index (χ4n) is 3.12. The normalized spacial score (nSPS) is 32.2. The minimum Gasteiger partial charge on any atom is -0.311 e. The molecule has 16 heavy (non-hydrogen) atoms. The Kier molecular flexibility index (Phi) is 2.64. The van der Waals surface area contributed by atoms with Crippen molar-refractivity contribution >= 4 is 11.6 Å². The molecule has 3 rings (SSSR count). The first-order valence-corrected chi connectivity index (χ1v) is 6.30. The standard InChI is InChI=1S/C13H15ClFN/c14-11-5-8(1-4-12(11)15)6-13-9-2-3-10(7-9)16-13/h1,4-5,9-10,13,16H,2-3,6-7H2. The lowest BCUT2D eigenvalue weighted by Gasteiger charge is -2.23. The van der Waals surface area contributed by atoms with Crippen LogP contribution in [0.4, 0.5) is 4.39 Å². The number of piperidine rings is 1. The monoisotopic (exact) mass is 239 g/mol. The number of fused-ring (bicyclic) bond motifs is 2. The third-order valence-corrected chi connectivity index (χ3v) is 4.22. The van der Waals surface area contributed by atoms with Gasteiger partial charge in [-0.25, -0.2) is 4.39 Å². The summed E-state index contributed by atoms with van der Waals surface area (Å²) in [5.41, 5.74) is 1.14. The van der Waals surface area contributed by atoms with Crippen molar-refractivity contribution in [3.05, 3.63) is 34.6 Å². The SMILES string of the molecule is Fc1ccc(CC2NC3CCC2C3)cc1Cl. The zero-order chi connectivity index (χ0) is 11.1. The molecule has 0 radical (unpaired) electrons. The van der Waals surface area contributed by atoms with Gasteiger partial charge < -0.3 is 5.32 Å². The Hall–Kier alpha value is -0.600. The summed E-state index contributed by atoms with van der Waals surface area (Å²) in [7, 11) is 0. The number of hydrogen-bond acceptors (Lipinski definition) is 1. The third-order valence-electron chi connectivity index (χ3n) is 3.93. The molecule has 0 amide bonds. The third kappa shape index (κ3) is 1.85. The van der Waals surface area contributed by atoms with Gasteiger partial charge in [-0.15, -0.1) is 0 Å². The van der Waals surface area contributed by atoms with Crippen molar-refractivity contribution in [3.8, 4) is 0 Å². The molecule has 1 nitrogen and oxygen atoms in total. The van der Waals surface area contributed by atoms with Crippen LogP contribution in [-0.4, -0.2) is 12.1 Å². The average Bonchev–Trinajstić information content (AvgIpc) is 2.85. The average molecular weight is 240 g/mol. The zero-order valence-corrected chi connectivity index (χ0v) is 9.80. The second-order valence-corrected chi connectivity index (χ2v) is 5.40. The molecule has 2 aliphatic rings. The van der Waals surface area contributed by atoms with E-state index in [2.05, 4.69) is 5.32 Å². The summed E-state index contributed by atoms with van der Waals surface area (Å²) in [5.74, 6) is 0.486. The number of rotatable bonds is 2. The van der Waals surface area contributed by atoms with Gasteiger partial charge in [-0.1, -0.05) is 17.7 Å². The van der Waals surface area contributed by atoms with Crippen molar-refractivity contribution < 1.29 is 4.39 Å². The Morgan fingerprint density at radius 1 is 1.38 bits per heavy atom. The number of benzene rings is 1. The highest BCUT2D eigenvalue weighted by Crippen LogP contribution is 2.36. The highest BCUT2D eigenvalue weighted by molar-refractivity contribution is 6.30. The van der Waals surface area contributed by atoms with E-state index in [0.717, 1.165) is 23.9 Å². The van der Waals surface area contributed by atoms with Crippen LogP contribution in [0.5, 0.6) is 0 Å². The Balaban J connectivity index is 1.72. The molecular weight excluding hydrogens is 225 g/mol. The summed E-state index contributed by atoms with van der Waals surface area (Å²) < 4.78 is 13.0. The molecule has 1 aliphatic heterocycles. The first-order chi connectivity index (χ1) is 7.72. The van der Waals surface area contributed by atoms with Crippen LogP contribution in [-0.2, 0) is 6.42 Å². The van der Waals surface area contributed by atoms with Gasteiger partial charge in [0.05, 0.1) is 5.02 Å². The van der Waals surface area contributed by atoms with Crippen molar-refractivity contribution in [2.45, 2.75) is 37.8 Å². The lowest BCUT2D eigenvalue weighted by atomic mass is 9.94. The summed E-state index contributed by atoms with van der Waals surface area (Å²) in [4.78, 5) is 0. The molecule has 1 saturated carbocycles. The topological polar surface area (TPSA) is 12.0 Å². The van der Waals surface area contributed by atoms with E-state index in [9.17, 15) is 4.39 Å². The van der Waals surface area contributed by atoms with Gasteiger partial charge in [-0.05, 0) is 49.3 Å². The Bertz CT molecular complexity index is 407. The first kappa shape index (κ1) is 10.5. The number of halogens is 2. The second kappa shape index (κ2) is 4.01. The molecule has 2 fully saturated rings. The predicted molar refractivity (Wildman–Crippen MR) is 63.2 cm³/mol. The van der Waals surface area contributed by atoms with E-state index in [0.29, 0.717) is 6.04 Å². The summed E-state index contributed by atoms with van der Waals surface area (Å²) in [6, 6.07) is 6.36. The van der Waals surface area contributed by atoms with Crippen molar-refractivity contribution in [1.82, 2.24) is 5.32 Å². The lowest BCUT2D eigenvalue weighted by molar-refractivity contribution is 0.379. The van der Waals surface area contributed by atoms with Crippen LogP contribution in [0.1, 0.15) is 24.8 Å². The summed E-state index contributed by atoms with van der Waals surface area (Å²) in [6.07, 6.45) is 4.96. The van der Waals surface area contributed by atoms with E-state index in [1.54, 1.807) is 6.07 Å². The fraction of sp³-hybridized carbons (Fsp3) is 0.538. The maximum Gasteiger partial charge on any atom is 0.141 e. The zero-order valence-electron chi connectivity index (χ0n) is 9.05. The molecule has 3 atom stereocenters. The van der Waals surface area contributed by atoms with Crippen LogP contribution in [0.25, 0.3) is 0 Å². The summed E-state index contributed by atoms with van der Waals surface area (Å²) >= 11 is 5.78.